The first kappa shape index (κ1) is 13.2. The van der Waals surface area contributed by atoms with Crippen LogP contribution in [0.3, 0.4) is 0 Å². The Kier molecular flexibility index (Phi) is 5.49. The second kappa shape index (κ2) is 6.66. The summed E-state index contributed by atoms with van der Waals surface area (Å²) in [6.07, 6.45) is 4.07. The predicted octanol–water partition coefficient (Wildman–Crippen LogP) is 1.32. The Hall–Kier alpha value is -0.870. The molecule has 0 aromatic carbocycles. The van der Waals surface area contributed by atoms with E-state index in [-0.39, 0.29) is 0 Å². The lowest BCUT2D eigenvalue weighted by Gasteiger charge is -2.22. The average Bonchev–Trinajstić information content (AvgIpc) is 2.65. The first-order valence-electron chi connectivity index (χ1n) is 6.09. The van der Waals surface area contributed by atoms with Crippen molar-refractivity contribution in [2.75, 3.05) is 19.6 Å². The summed E-state index contributed by atoms with van der Waals surface area (Å²) in [5, 5.41) is 4.29. The third-order valence-electron chi connectivity index (χ3n) is 2.49. The van der Waals surface area contributed by atoms with Gasteiger partial charge in [-0.05, 0) is 12.8 Å². The quantitative estimate of drug-likeness (QED) is 0.760. The van der Waals surface area contributed by atoms with Crippen molar-refractivity contribution in [1.29, 1.82) is 0 Å². The molecule has 4 nitrogen and oxygen atoms in total. The van der Waals surface area contributed by atoms with Crippen LogP contribution in [0.15, 0.2) is 12.4 Å². The highest BCUT2D eigenvalue weighted by Gasteiger charge is 2.08. The van der Waals surface area contributed by atoms with Gasteiger partial charge in [-0.3, -0.25) is 9.58 Å². The minimum absolute atomic E-state index is 0.674. The van der Waals surface area contributed by atoms with Gasteiger partial charge in [-0.25, -0.2) is 0 Å². The summed E-state index contributed by atoms with van der Waals surface area (Å²) in [7, 11) is 0. The molecule has 0 saturated heterocycles. The molecule has 1 rings (SSSR count). The molecule has 1 heterocycles. The lowest BCUT2D eigenvalue weighted by Crippen LogP contribution is -2.32. The Morgan fingerprint density at radius 3 is 2.75 bits per heavy atom. The molecular formula is C12H24N4. The Balaban J connectivity index is 2.52. The van der Waals surface area contributed by atoms with Crippen molar-refractivity contribution in [2.45, 2.75) is 33.9 Å². The van der Waals surface area contributed by atoms with Crippen molar-refractivity contribution >= 4 is 0 Å². The molecule has 0 aliphatic rings. The van der Waals surface area contributed by atoms with Crippen molar-refractivity contribution < 1.29 is 0 Å². The first-order valence-corrected chi connectivity index (χ1v) is 6.09. The van der Waals surface area contributed by atoms with Crippen LogP contribution in [0.2, 0.25) is 0 Å². The molecule has 0 aliphatic heterocycles. The van der Waals surface area contributed by atoms with E-state index in [1.807, 2.05) is 10.9 Å². The molecule has 0 aliphatic carbocycles. The molecule has 0 saturated carbocycles. The number of rotatable bonds is 7. The maximum absolute atomic E-state index is 5.63. The summed E-state index contributed by atoms with van der Waals surface area (Å²) in [6, 6.07) is 0. The molecule has 92 valence electrons. The zero-order chi connectivity index (χ0) is 12.0. The van der Waals surface area contributed by atoms with E-state index in [4.69, 9.17) is 5.73 Å². The minimum Gasteiger partial charge on any atom is -0.329 e. The number of hydrogen-bond acceptors (Lipinski definition) is 3. The molecule has 0 fully saturated rings. The van der Waals surface area contributed by atoms with Crippen LogP contribution in [-0.2, 0) is 13.1 Å². The van der Waals surface area contributed by atoms with Crippen LogP contribution in [0.5, 0.6) is 0 Å². The number of aromatic nitrogens is 2. The maximum Gasteiger partial charge on any atom is 0.0534 e. The number of hydrogen-bond donors (Lipinski definition) is 1. The van der Waals surface area contributed by atoms with Crippen LogP contribution in [0.1, 0.15) is 26.3 Å². The van der Waals surface area contributed by atoms with Gasteiger partial charge >= 0.3 is 0 Å². The molecule has 0 amide bonds. The molecule has 0 unspecified atom stereocenters. The monoisotopic (exact) mass is 224 g/mol. The Labute approximate surface area is 98.4 Å². The van der Waals surface area contributed by atoms with Gasteiger partial charge in [0.25, 0.3) is 0 Å². The molecule has 16 heavy (non-hydrogen) atoms. The lowest BCUT2D eigenvalue weighted by molar-refractivity contribution is 0.242. The van der Waals surface area contributed by atoms with Gasteiger partial charge in [-0.2, -0.15) is 5.10 Å². The van der Waals surface area contributed by atoms with E-state index in [1.165, 1.54) is 5.56 Å². The number of nitrogens with two attached hydrogens (primary N) is 1. The van der Waals surface area contributed by atoms with Crippen molar-refractivity contribution in [3.63, 3.8) is 0 Å². The summed E-state index contributed by atoms with van der Waals surface area (Å²) in [6.45, 7) is 11.2. The molecule has 0 bridgehead atoms. The Morgan fingerprint density at radius 2 is 2.25 bits per heavy atom. The van der Waals surface area contributed by atoms with E-state index in [1.54, 1.807) is 0 Å². The van der Waals surface area contributed by atoms with Crippen LogP contribution in [-0.4, -0.2) is 34.3 Å². The normalized spacial score (nSPS) is 11.6. The van der Waals surface area contributed by atoms with E-state index < -0.39 is 0 Å². The Morgan fingerprint density at radius 1 is 1.50 bits per heavy atom. The van der Waals surface area contributed by atoms with Crippen LogP contribution >= 0.6 is 0 Å². The highest BCUT2D eigenvalue weighted by Crippen LogP contribution is 2.06. The third kappa shape index (κ3) is 4.33. The molecule has 2 N–H and O–H groups in total. The molecule has 1 aromatic heterocycles. The molecule has 0 spiro atoms. The molecule has 0 radical (unpaired) electrons. The maximum atomic E-state index is 5.63. The SMILES string of the molecule is CCn1cc(CN(CCN)CC(C)C)cn1. The first-order chi connectivity index (χ1) is 7.65. The summed E-state index contributed by atoms with van der Waals surface area (Å²) >= 11 is 0. The number of aryl methyl sites for hydroxylation is 1. The topological polar surface area (TPSA) is 47.1 Å². The summed E-state index contributed by atoms with van der Waals surface area (Å²) in [5.41, 5.74) is 6.90. The fraction of sp³-hybridized carbons (Fsp3) is 0.750. The van der Waals surface area contributed by atoms with Gasteiger partial charge in [0.05, 0.1) is 6.20 Å². The van der Waals surface area contributed by atoms with Crippen LogP contribution < -0.4 is 5.73 Å². The highest BCUT2D eigenvalue weighted by atomic mass is 15.3. The van der Waals surface area contributed by atoms with Gasteiger partial charge in [-0.15, -0.1) is 0 Å². The van der Waals surface area contributed by atoms with Crippen LogP contribution in [0.25, 0.3) is 0 Å². The zero-order valence-electron chi connectivity index (χ0n) is 10.7. The van der Waals surface area contributed by atoms with Crippen LogP contribution in [0.4, 0.5) is 0 Å². The highest BCUT2D eigenvalue weighted by molar-refractivity contribution is 5.03. The molecule has 0 atom stereocenters. The van der Waals surface area contributed by atoms with Crippen molar-refractivity contribution in [3.05, 3.63) is 18.0 Å². The fourth-order valence-electron chi connectivity index (χ4n) is 1.85. The number of nitrogens with zero attached hydrogens (tertiary/aromatic N) is 3. The largest absolute Gasteiger partial charge is 0.329 e. The average molecular weight is 224 g/mol. The Bertz CT molecular complexity index is 293. The van der Waals surface area contributed by atoms with E-state index in [2.05, 4.69) is 37.0 Å². The summed E-state index contributed by atoms with van der Waals surface area (Å²) in [4.78, 5) is 2.39. The van der Waals surface area contributed by atoms with E-state index in [0.717, 1.165) is 26.2 Å². The fourth-order valence-corrected chi connectivity index (χ4v) is 1.85. The molecular weight excluding hydrogens is 200 g/mol. The summed E-state index contributed by atoms with van der Waals surface area (Å²) in [5.74, 6) is 0.674. The van der Waals surface area contributed by atoms with Crippen molar-refractivity contribution in [3.8, 4) is 0 Å². The van der Waals surface area contributed by atoms with E-state index in [9.17, 15) is 0 Å². The standard InChI is InChI=1S/C12H24N4/c1-4-16-10-12(7-14-16)9-15(6-5-13)8-11(2)3/h7,10-11H,4-6,8-9,13H2,1-3H3. The summed E-state index contributed by atoms with van der Waals surface area (Å²) < 4.78 is 1.96. The zero-order valence-corrected chi connectivity index (χ0v) is 10.7. The second-order valence-corrected chi connectivity index (χ2v) is 4.62. The predicted molar refractivity (Wildman–Crippen MR) is 67.1 cm³/mol. The van der Waals surface area contributed by atoms with Gasteiger partial charge in [0.15, 0.2) is 0 Å². The van der Waals surface area contributed by atoms with Crippen molar-refractivity contribution in [1.82, 2.24) is 14.7 Å². The lowest BCUT2D eigenvalue weighted by atomic mass is 10.2. The molecule has 4 heteroatoms. The van der Waals surface area contributed by atoms with Gasteiger partial charge in [0, 0.05) is 44.5 Å². The van der Waals surface area contributed by atoms with Gasteiger partial charge < -0.3 is 5.73 Å². The third-order valence-corrected chi connectivity index (χ3v) is 2.49. The molecule has 1 aromatic rings. The van der Waals surface area contributed by atoms with Gasteiger partial charge in [0.1, 0.15) is 0 Å². The van der Waals surface area contributed by atoms with Gasteiger partial charge in [-0.1, -0.05) is 13.8 Å². The van der Waals surface area contributed by atoms with E-state index in [0.29, 0.717) is 12.5 Å². The van der Waals surface area contributed by atoms with E-state index >= 15 is 0 Å². The van der Waals surface area contributed by atoms with Gasteiger partial charge in [0.2, 0.25) is 0 Å². The van der Waals surface area contributed by atoms with Crippen molar-refractivity contribution in [2.24, 2.45) is 11.7 Å². The smallest absolute Gasteiger partial charge is 0.0534 e. The van der Waals surface area contributed by atoms with Crippen LogP contribution in [0, 0.1) is 5.92 Å². The second-order valence-electron chi connectivity index (χ2n) is 4.62. The minimum atomic E-state index is 0.674.